The minimum Gasteiger partial charge on any atom is -0.478 e. The van der Waals surface area contributed by atoms with Gasteiger partial charge in [0.05, 0.1) is 23.4 Å². The Kier molecular flexibility index (Phi) is 5.18. The minimum atomic E-state index is -1.06. The fourth-order valence-corrected chi connectivity index (χ4v) is 1.73. The number of benzene rings is 1. The van der Waals surface area contributed by atoms with E-state index in [0.717, 1.165) is 0 Å². The maximum absolute atomic E-state index is 11.6. The first-order valence-electron chi connectivity index (χ1n) is 5.74. The summed E-state index contributed by atoms with van der Waals surface area (Å²) in [5.41, 5.74) is 0.491. The third kappa shape index (κ3) is 3.86. The van der Waals surface area contributed by atoms with E-state index in [-0.39, 0.29) is 11.5 Å². The molecule has 5 nitrogen and oxygen atoms in total. The highest BCUT2D eigenvalue weighted by molar-refractivity contribution is 6.33. The Labute approximate surface area is 116 Å². The summed E-state index contributed by atoms with van der Waals surface area (Å²) in [5.74, 6) is -1.51. The number of hydrogen-bond donors (Lipinski definition) is 2. The molecule has 0 aliphatic rings. The largest absolute Gasteiger partial charge is 0.478 e. The number of methoxy groups -OCH3 is 1. The second kappa shape index (κ2) is 6.43. The second-order valence-corrected chi connectivity index (χ2v) is 4.80. The predicted octanol–water partition coefficient (Wildman–Crippen LogP) is 2.65. The molecule has 6 heteroatoms. The standard InChI is InChI=1S/C13H16ClNO4/c1-7(2)11(13(18)19-3)15-10-6-8(12(16)17)4-5-9(10)14/h4-7,11,15H,1-3H3,(H,16,17). The van der Waals surface area contributed by atoms with E-state index >= 15 is 0 Å². The molecule has 0 bridgehead atoms. The van der Waals surface area contributed by atoms with Crippen LogP contribution in [0, 0.1) is 5.92 Å². The average molecular weight is 286 g/mol. The summed E-state index contributed by atoms with van der Waals surface area (Å²) in [4.78, 5) is 22.6. The van der Waals surface area contributed by atoms with Gasteiger partial charge < -0.3 is 15.2 Å². The number of aromatic carboxylic acids is 1. The highest BCUT2D eigenvalue weighted by atomic mass is 35.5. The first kappa shape index (κ1) is 15.3. The van der Waals surface area contributed by atoms with E-state index in [0.29, 0.717) is 10.7 Å². The van der Waals surface area contributed by atoms with Crippen LogP contribution in [0.3, 0.4) is 0 Å². The third-order valence-electron chi connectivity index (χ3n) is 2.65. The van der Waals surface area contributed by atoms with E-state index in [1.165, 1.54) is 25.3 Å². The zero-order valence-corrected chi connectivity index (χ0v) is 11.7. The average Bonchev–Trinajstić information content (AvgIpc) is 2.36. The molecule has 0 amide bonds. The highest BCUT2D eigenvalue weighted by Gasteiger charge is 2.23. The molecule has 1 aromatic rings. The van der Waals surface area contributed by atoms with Gasteiger partial charge in [0.2, 0.25) is 0 Å². The highest BCUT2D eigenvalue weighted by Crippen LogP contribution is 2.25. The van der Waals surface area contributed by atoms with Gasteiger partial charge >= 0.3 is 11.9 Å². The van der Waals surface area contributed by atoms with Gasteiger partial charge in [-0.05, 0) is 24.1 Å². The molecule has 19 heavy (non-hydrogen) atoms. The van der Waals surface area contributed by atoms with Crippen LogP contribution in [0.4, 0.5) is 5.69 Å². The number of carbonyl (C=O) groups excluding carboxylic acids is 1. The number of ether oxygens (including phenoxy) is 1. The van der Waals surface area contributed by atoms with Gasteiger partial charge in [0.1, 0.15) is 6.04 Å². The molecule has 0 saturated carbocycles. The van der Waals surface area contributed by atoms with Gasteiger partial charge in [-0.3, -0.25) is 0 Å². The number of halogens is 1. The van der Waals surface area contributed by atoms with E-state index in [2.05, 4.69) is 5.32 Å². The maximum Gasteiger partial charge on any atom is 0.335 e. The number of rotatable bonds is 5. The van der Waals surface area contributed by atoms with Crippen molar-refractivity contribution in [2.45, 2.75) is 19.9 Å². The predicted molar refractivity (Wildman–Crippen MR) is 72.7 cm³/mol. The van der Waals surface area contributed by atoms with Crippen LogP contribution < -0.4 is 5.32 Å². The summed E-state index contributed by atoms with van der Waals surface area (Å²) in [6.07, 6.45) is 0. The van der Waals surface area contributed by atoms with Crippen LogP contribution in [0.15, 0.2) is 18.2 Å². The summed E-state index contributed by atoms with van der Waals surface area (Å²) >= 11 is 5.99. The van der Waals surface area contributed by atoms with E-state index in [1.54, 1.807) is 0 Å². The molecule has 1 atom stereocenters. The Morgan fingerprint density at radius 2 is 2.00 bits per heavy atom. The number of anilines is 1. The molecule has 1 unspecified atom stereocenters. The van der Waals surface area contributed by atoms with Gasteiger partial charge in [-0.25, -0.2) is 9.59 Å². The van der Waals surface area contributed by atoms with Crippen LogP contribution in [-0.4, -0.2) is 30.2 Å². The number of carboxylic acid groups (broad SMARTS) is 1. The fourth-order valence-electron chi connectivity index (χ4n) is 1.56. The first-order chi connectivity index (χ1) is 8.86. The molecule has 1 rings (SSSR count). The van der Waals surface area contributed by atoms with Crippen LogP contribution in [-0.2, 0) is 9.53 Å². The summed E-state index contributed by atoms with van der Waals surface area (Å²) in [5, 5.41) is 12.2. The smallest absolute Gasteiger partial charge is 0.335 e. The van der Waals surface area contributed by atoms with Crippen LogP contribution in [0.25, 0.3) is 0 Å². The number of carboxylic acids is 1. The van der Waals surface area contributed by atoms with E-state index in [1.807, 2.05) is 13.8 Å². The molecule has 0 radical (unpaired) electrons. The molecule has 0 fully saturated rings. The first-order valence-corrected chi connectivity index (χ1v) is 6.11. The lowest BCUT2D eigenvalue weighted by Crippen LogP contribution is -2.35. The molecule has 2 N–H and O–H groups in total. The van der Waals surface area contributed by atoms with Gasteiger partial charge in [-0.2, -0.15) is 0 Å². The Hall–Kier alpha value is -1.75. The van der Waals surface area contributed by atoms with Crippen molar-refractivity contribution in [3.8, 4) is 0 Å². The van der Waals surface area contributed by atoms with Crippen molar-refractivity contribution in [3.05, 3.63) is 28.8 Å². The van der Waals surface area contributed by atoms with Gasteiger partial charge in [0, 0.05) is 0 Å². The lowest BCUT2D eigenvalue weighted by molar-refractivity contribution is -0.142. The van der Waals surface area contributed by atoms with Crippen molar-refractivity contribution in [1.82, 2.24) is 0 Å². The van der Waals surface area contributed by atoms with Crippen molar-refractivity contribution < 1.29 is 19.4 Å². The van der Waals surface area contributed by atoms with Gasteiger partial charge in [-0.15, -0.1) is 0 Å². The molecular weight excluding hydrogens is 270 g/mol. The Morgan fingerprint density at radius 1 is 1.37 bits per heavy atom. The SMILES string of the molecule is COC(=O)C(Nc1cc(C(=O)O)ccc1Cl)C(C)C. The molecule has 0 aliphatic carbocycles. The normalized spacial score (nSPS) is 12.1. The van der Waals surface area contributed by atoms with Gasteiger partial charge in [0.15, 0.2) is 0 Å². The Bertz CT molecular complexity index is 488. The topological polar surface area (TPSA) is 75.6 Å². The Morgan fingerprint density at radius 3 is 2.47 bits per heavy atom. The molecule has 104 valence electrons. The lowest BCUT2D eigenvalue weighted by atomic mass is 10.0. The molecule has 0 saturated heterocycles. The molecule has 0 heterocycles. The summed E-state index contributed by atoms with van der Waals surface area (Å²) in [6.45, 7) is 3.70. The van der Waals surface area contributed by atoms with Gasteiger partial charge in [0.25, 0.3) is 0 Å². The molecular formula is C13H16ClNO4. The van der Waals surface area contributed by atoms with E-state index in [9.17, 15) is 9.59 Å². The summed E-state index contributed by atoms with van der Waals surface area (Å²) in [6, 6.07) is 3.68. The van der Waals surface area contributed by atoms with Gasteiger partial charge in [-0.1, -0.05) is 25.4 Å². The third-order valence-corrected chi connectivity index (χ3v) is 2.98. The lowest BCUT2D eigenvalue weighted by Gasteiger charge is -2.21. The maximum atomic E-state index is 11.6. The number of esters is 1. The van der Waals surface area contributed by atoms with E-state index in [4.69, 9.17) is 21.4 Å². The molecule has 0 aliphatic heterocycles. The Balaban J connectivity index is 3.05. The van der Waals surface area contributed by atoms with E-state index < -0.39 is 18.0 Å². The number of nitrogens with one attached hydrogen (secondary N) is 1. The number of hydrogen-bond acceptors (Lipinski definition) is 4. The molecule has 0 spiro atoms. The van der Waals surface area contributed by atoms with Crippen LogP contribution >= 0.6 is 11.6 Å². The van der Waals surface area contributed by atoms with Crippen molar-refractivity contribution in [2.24, 2.45) is 5.92 Å². The van der Waals surface area contributed by atoms with Crippen molar-refractivity contribution in [1.29, 1.82) is 0 Å². The molecule has 1 aromatic carbocycles. The van der Waals surface area contributed by atoms with Crippen LogP contribution in [0.1, 0.15) is 24.2 Å². The summed E-state index contributed by atoms with van der Waals surface area (Å²) < 4.78 is 4.70. The van der Waals surface area contributed by atoms with Crippen molar-refractivity contribution in [2.75, 3.05) is 12.4 Å². The molecule has 0 aromatic heterocycles. The second-order valence-electron chi connectivity index (χ2n) is 4.39. The number of carbonyl (C=O) groups is 2. The zero-order chi connectivity index (χ0) is 14.6. The van der Waals surface area contributed by atoms with Crippen molar-refractivity contribution in [3.63, 3.8) is 0 Å². The monoisotopic (exact) mass is 285 g/mol. The van der Waals surface area contributed by atoms with Crippen molar-refractivity contribution >= 4 is 29.2 Å². The fraction of sp³-hybridized carbons (Fsp3) is 0.385. The van der Waals surface area contributed by atoms with Crippen LogP contribution in [0.2, 0.25) is 5.02 Å². The van der Waals surface area contributed by atoms with Crippen LogP contribution in [0.5, 0.6) is 0 Å². The quantitative estimate of drug-likeness (QED) is 0.814. The summed E-state index contributed by atoms with van der Waals surface area (Å²) in [7, 11) is 1.30. The zero-order valence-electron chi connectivity index (χ0n) is 10.9. The minimum absolute atomic E-state index is 0.0306.